The summed E-state index contributed by atoms with van der Waals surface area (Å²) in [4.78, 5) is 23.4. The second kappa shape index (κ2) is 9.34. The number of ether oxygens (including phenoxy) is 2. The number of rotatable bonds is 6. The molecule has 2 amide bonds. The fourth-order valence-electron chi connectivity index (χ4n) is 3.23. The van der Waals surface area contributed by atoms with Crippen LogP contribution in [-0.4, -0.2) is 19.1 Å². The lowest BCUT2D eigenvalue weighted by molar-refractivity contribution is -0.114. The van der Waals surface area contributed by atoms with Crippen LogP contribution in [0.25, 0.3) is 0 Å². The van der Waals surface area contributed by atoms with Crippen molar-refractivity contribution in [1.82, 2.24) is 0 Å². The zero-order valence-corrected chi connectivity index (χ0v) is 18.1. The number of carbonyl (C=O) groups is 2. The van der Waals surface area contributed by atoms with Crippen LogP contribution in [0.5, 0.6) is 11.5 Å². The van der Waals surface area contributed by atoms with Crippen molar-refractivity contribution in [3.8, 4) is 11.5 Å². The Morgan fingerprint density at radius 2 is 1.29 bits per heavy atom. The Labute approximate surface area is 182 Å². The molecule has 6 nitrogen and oxygen atoms in total. The zero-order chi connectivity index (χ0) is 22.4. The molecule has 0 aliphatic heterocycles. The third-order valence-electron chi connectivity index (χ3n) is 5.03. The van der Waals surface area contributed by atoms with E-state index in [4.69, 9.17) is 9.47 Å². The molecule has 0 radical (unpaired) electrons. The van der Waals surface area contributed by atoms with Crippen LogP contribution in [0.3, 0.4) is 0 Å². The van der Waals surface area contributed by atoms with Gasteiger partial charge >= 0.3 is 6.09 Å². The molecule has 0 aliphatic rings. The van der Waals surface area contributed by atoms with Crippen molar-refractivity contribution in [2.75, 3.05) is 17.7 Å². The summed E-state index contributed by atoms with van der Waals surface area (Å²) in [5, 5.41) is 5.50. The molecule has 160 valence electrons. The molecule has 0 spiro atoms. The number of hydrogen-bond acceptors (Lipinski definition) is 4. The molecule has 0 heterocycles. The van der Waals surface area contributed by atoms with E-state index >= 15 is 0 Å². The first-order valence-corrected chi connectivity index (χ1v) is 9.89. The Morgan fingerprint density at radius 3 is 1.81 bits per heavy atom. The maximum atomic E-state index is 12.2. The van der Waals surface area contributed by atoms with Crippen LogP contribution >= 0.6 is 0 Å². The molecule has 6 heteroatoms. The van der Waals surface area contributed by atoms with Crippen LogP contribution < -0.4 is 20.1 Å². The largest absolute Gasteiger partial charge is 0.497 e. The van der Waals surface area contributed by atoms with Crippen LogP contribution in [0.15, 0.2) is 72.8 Å². The first-order valence-electron chi connectivity index (χ1n) is 9.89. The predicted molar refractivity (Wildman–Crippen MR) is 122 cm³/mol. The number of amides is 2. The van der Waals surface area contributed by atoms with Gasteiger partial charge in [0.05, 0.1) is 7.11 Å². The summed E-state index contributed by atoms with van der Waals surface area (Å²) >= 11 is 0. The molecule has 3 rings (SSSR count). The van der Waals surface area contributed by atoms with Gasteiger partial charge in [-0.25, -0.2) is 4.79 Å². The van der Waals surface area contributed by atoms with Crippen LogP contribution in [0.1, 0.15) is 31.9 Å². The summed E-state index contributed by atoms with van der Waals surface area (Å²) in [5.41, 5.74) is 3.34. The zero-order valence-electron chi connectivity index (χ0n) is 18.1. The Bertz CT molecular complexity index is 1060. The Kier molecular flexibility index (Phi) is 6.60. The SMILES string of the molecule is COc1cccc(OC(=O)Nc2ccc(C(C)(C)c3ccc(NC(C)=O)cc3)cc2)c1. The van der Waals surface area contributed by atoms with Gasteiger partial charge in [0.25, 0.3) is 0 Å². The van der Waals surface area contributed by atoms with Crippen molar-refractivity contribution in [3.05, 3.63) is 83.9 Å². The predicted octanol–water partition coefficient (Wildman–Crippen LogP) is 5.59. The third kappa shape index (κ3) is 5.63. The highest BCUT2D eigenvalue weighted by molar-refractivity contribution is 5.88. The van der Waals surface area contributed by atoms with Crippen molar-refractivity contribution in [2.45, 2.75) is 26.2 Å². The highest BCUT2D eigenvalue weighted by Crippen LogP contribution is 2.32. The van der Waals surface area contributed by atoms with Crippen LogP contribution in [0.2, 0.25) is 0 Å². The minimum atomic E-state index is -0.575. The van der Waals surface area contributed by atoms with E-state index in [-0.39, 0.29) is 11.3 Å². The van der Waals surface area contributed by atoms with Gasteiger partial charge in [0.2, 0.25) is 5.91 Å². The average molecular weight is 418 g/mol. The molecule has 0 bridgehead atoms. The van der Waals surface area contributed by atoms with E-state index < -0.39 is 6.09 Å². The molecular weight excluding hydrogens is 392 g/mol. The number of carbonyl (C=O) groups excluding carboxylic acids is 2. The summed E-state index contributed by atoms with van der Waals surface area (Å²) in [6.45, 7) is 5.74. The van der Waals surface area contributed by atoms with E-state index in [2.05, 4.69) is 24.5 Å². The van der Waals surface area contributed by atoms with E-state index in [1.54, 1.807) is 31.4 Å². The van der Waals surface area contributed by atoms with Gasteiger partial charge in [-0.15, -0.1) is 0 Å². The molecule has 0 saturated carbocycles. The number of anilines is 2. The molecule has 0 atom stereocenters. The summed E-state index contributed by atoms with van der Waals surface area (Å²) in [6.07, 6.45) is -0.575. The van der Waals surface area contributed by atoms with Crippen molar-refractivity contribution in [3.63, 3.8) is 0 Å². The van der Waals surface area contributed by atoms with Gasteiger partial charge < -0.3 is 14.8 Å². The minimum Gasteiger partial charge on any atom is -0.497 e. The van der Waals surface area contributed by atoms with E-state index in [0.29, 0.717) is 17.2 Å². The molecular formula is C25H26N2O4. The molecule has 0 aromatic heterocycles. The fraction of sp³-hybridized carbons (Fsp3) is 0.200. The van der Waals surface area contributed by atoms with Gasteiger partial charge in [-0.3, -0.25) is 10.1 Å². The normalized spacial score (nSPS) is 10.8. The molecule has 0 aliphatic carbocycles. The summed E-state index contributed by atoms with van der Waals surface area (Å²) in [6, 6.07) is 22.3. The minimum absolute atomic E-state index is 0.0972. The van der Waals surface area contributed by atoms with E-state index in [1.807, 2.05) is 48.5 Å². The topological polar surface area (TPSA) is 76.7 Å². The first-order chi connectivity index (χ1) is 14.8. The monoisotopic (exact) mass is 418 g/mol. The summed E-state index contributed by atoms with van der Waals surface area (Å²) in [7, 11) is 1.56. The highest BCUT2D eigenvalue weighted by atomic mass is 16.6. The van der Waals surface area contributed by atoms with Gasteiger partial charge in [0, 0.05) is 29.8 Å². The van der Waals surface area contributed by atoms with Crippen molar-refractivity contribution < 1.29 is 19.1 Å². The number of methoxy groups -OCH3 is 1. The molecule has 31 heavy (non-hydrogen) atoms. The summed E-state index contributed by atoms with van der Waals surface area (Å²) < 4.78 is 10.4. The fourth-order valence-corrected chi connectivity index (χ4v) is 3.23. The van der Waals surface area contributed by atoms with Gasteiger partial charge in [0.15, 0.2) is 0 Å². The molecule has 0 saturated heterocycles. The first kappa shape index (κ1) is 21.9. The molecule has 2 N–H and O–H groups in total. The van der Waals surface area contributed by atoms with Crippen molar-refractivity contribution in [2.24, 2.45) is 0 Å². The van der Waals surface area contributed by atoms with E-state index in [0.717, 1.165) is 16.8 Å². The quantitative estimate of drug-likeness (QED) is 0.547. The number of nitrogens with one attached hydrogen (secondary N) is 2. The average Bonchev–Trinajstić information content (AvgIpc) is 2.74. The second-order valence-electron chi connectivity index (χ2n) is 7.65. The maximum absolute atomic E-state index is 12.2. The Hall–Kier alpha value is -3.80. The maximum Gasteiger partial charge on any atom is 0.417 e. The lowest BCUT2D eigenvalue weighted by Crippen LogP contribution is -2.20. The van der Waals surface area contributed by atoms with Crippen LogP contribution in [0.4, 0.5) is 16.2 Å². The number of hydrogen-bond donors (Lipinski definition) is 2. The molecule has 3 aromatic carbocycles. The second-order valence-corrected chi connectivity index (χ2v) is 7.65. The number of benzene rings is 3. The van der Waals surface area contributed by atoms with E-state index in [9.17, 15) is 9.59 Å². The molecule has 0 fully saturated rings. The summed E-state index contributed by atoms with van der Waals surface area (Å²) in [5.74, 6) is 0.916. The standard InChI is InChI=1S/C25H26N2O4/c1-17(28)26-20-12-8-18(9-13-20)25(2,3)19-10-14-21(15-11-19)27-24(29)31-23-7-5-6-22(16-23)30-4/h5-16H,1-4H3,(H,26,28)(H,27,29). The lowest BCUT2D eigenvalue weighted by atomic mass is 9.78. The van der Waals surface area contributed by atoms with Gasteiger partial charge in [-0.2, -0.15) is 0 Å². The van der Waals surface area contributed by atoms with Crippen molar-refractivity contribution in [1.29, 1.82) is 0 Å². The van der Waals surface area contributed by atoms with Gasteiger partial charge in [-0.1, -0.05) is 44.2 Å². The van der Waals surface area contributed by atoms with Crippen molar-refractivity contribution >= 4 is 23.4 Å². The van der Waals surface area contributed by atoms with Gasteiger partial charge in [-0.05, 0) is 47.5 Å². The highest BCUT2D eigenvalue weighted by Gasteiger charge is 2.23. The Balaban J connectivity index is 1.67. The van der Waals surface area contributed by atoms with Crippen LogP contribution in [-0.2, 0) is 10.2 Å². The third-order valence-corrected chi connectivity index (χ3v) is 5.03. The van der Waals surface area contributed by atoms with E-state index in [1.165, 1.54) is 6.92 Å². The smallest absolute Gasteiger partial charge is 0.417 e. The molecule has 0 unspecified atom stereocenters. The molecule has 3 aromatic rings. The van der Waals surface area contributed by atoms with Gasteiger partial charge in [0.1, 0.15) is 11.5 Å². The van der Waals surface area contributed by atoms with Crippen LogP contribution in [0, 0.1) is 0 Å². The lowest BCUT2D eigenvalue weighted by Gasteiger charge is -2.26. The Morgan fingerprint density at radius 1 is 0.774 bits per heavy atom.